The molecule has 1 fully saturated rings. The molecule has 2 aliphatic rings. The Morgan fingerprint density at radius 2 is 1.81 bits per heavy atom. The average molecular weight is 362 g/mol. The maximum atomic E-state index is 6.08. The standard InChI is InChI=1S/C22H20ClN3/c23-16-10-8-14(9-11-16)20-12-15-13-24-22(25-17-4-3-5-17)26-21(15)19-7-2-1-6-18(19)20/h1-2,6-11,13,17,20H,3-5,12H2,(H,24,25,26). The number of aromatic nitrogens is 2. The van der Waals surface area contributed by atoms with Gasteiger partial charge in [0.2, 0.25) is 5.95 Å². The lowest BCUT2D eigenvalue weighted by molar-refractivity contribution is 0.443. The van der Waals surface area contributed by atoms with E-state index in [1.807, 2.05) is 18.3 Å². The summed E-state index contributed by atoms with van der Waals surface area (Å²) in [6.45, 7) is 0. The van der Waals surface area contributed by atoms with Gasteiger partial charge in [0.15, 0.2) is 0 Å². The number of rotatable bonds is 3. The fourth-order valence-electron chi connectivity index (χ4n) is 3.93. The second-order valence-electron chi connectivity index (χ2n) is 7.24. The highest BCUT2D eigenvalue weighted by atomic mass is 35.5. The highest BCUT2D eigenvalue weighted by molar-refractivity contribution is 6.30. The van der Waals surface area contributed by atoms with E-state index >= 15 is 0 Å². The molecule has 130 valence electrons. The molecule has 1 N–H and O–H groups in total. The van der Waals surface area contributed by atoms with E-state index < -0.39 is 0 Å². The molecule has 0 radical (unpaired) electrons. The van der Waals surface area contributed by atoms with Crippen molar-refractivity contribution in [3.05, 3.63) is 76.4 Å². The molecule has 2 aliphatic carbocycles. The third kappa shape index (κ3) is 2.77. The van der Waals surface area contributed by atoms with Gasteiger partial charge in [-0.15, -0.1) is 0 Å². The molecule has 1 heterocycles. The minimum Gasteiger partial charge on any atom is -0.351 e. The second-order valence-corrected chi connectivity index (χ2v) is 7.67. The fourth-order valence-corrected chi connectivity index (χ4v) is 4.06. The van der Waals surface area contributed by atoms with Crippen LogP contribution >= 0.6 is 11.6 Å². The number of fused-ring (bicyclic) bond motifs is 3. The Hall–Kier alpha value is -2.39. The zero-order valence-electron chi connectivity index (χ0n) is 14.5. The Bertz CT molecular complexity index is 948. The minimum absolute atomic E-state index is 0.310. The molecule has 1 aromatic heterocycles. The summed E-state index contributed by atoms with van der Waals surface area (Å²) in [7, 11) is 0. The maximum absolute atomic E-state index is 6.08. The first-order chi connectivity index (χ1) is 12.8. The lowest BCUT2D eigenvalue weighted by Crippen LogP contribution is -2.28. The third-order valence-electron chi connectivity index (χ3n) is 5.59. The van der Waals surface area contributed by atoms with Gasteiger partial charge in [-0.05, 0) is 54.5 Å². The molecule has 3 aromatic rings. The second kappa shape index (κ2) is 6.40. The van der Waals surface area contributed by atoms with Crippen LogP contribution in [0.15, 0.2) is 54.7 Å². The number of nitrogens with zero attached hydrogens (tertiary/aromatic N) is 2. The minimum atomic E-state index is 0.310. The Morgan fingerprint density at radius 3 is 2.58 bits per heavy atom. The van der Waals surface area contributed by atoms with Crippen LogP contribution in [0.3, 0.4) is 0 Å². The van der Waals surface area contributed by atoms with Crippen LogP contribution < -0.4 is 5.32 Å². The molecule has 0 saturated heterocycles. The monoisotopic (exact) mass is 361 g/mol. The number of halogens is 1. The van der Waals surface area contributed by atoms with Crippen LogP contribution in [0.2, 0.25) is 5.02 Å². The molecule has 0 spiro atoms. The van der Waals surface area contributed by atoms with Crippen LogP contribution in [0.25, 0.3) is 11.3 Å². The predicted molar refractivity (Wildman–Crippen MR) is 106 cm³/mol. The van der Waals surface area contributed by atoms with E-state index in [1.54, 1.807) is 0 Å². The Morgan fingerprint density at radius 1 is 1.00 bits per heavy atom. The van der Waals surface area contributed by atoms with E-state index in [0.717, 1.165) is 23.1 Å². The maximum Gasteiger partial charge on any atom is 0.223 e. The van der Waals surface area contributed by atoms with Crippen molar-refractivity contribution in [1.29, 1.82) is 0 Å². The van der Waals surface area contributed by atoms with Gasteiger partial charge in [-0.1, -0.05) is 48.0 Å². The Kier molecular flexibility index (Phi) is 3.90. The number of anilines is 1. The zero-order valence-corrected chi connectivity index (χ0v) is 15.2. The summed E-state index contributed by atoms with van der Waals surface area (Å²) in [6.07, 6.45) is 6.65. The molecule has 3 nitrogen and oxygen atoms in total. The van der Waals surface area contributed by atoms with Gasteiger partial charge < -0.3 is 5.32 Å². The molecule has 0 aliphatic heterocycles. The van der Waals surface area contributed by atoms with Crippen LogP contribution in [-0.2, 0) is 6.42 Å². The zero-order chi connectivity index (χ0) is 17.5. The smallest absolute Gasteiger partial charge is 0.223 e. The summed E-state index contributed by atoms with van der Waals surface area (Å²) in [6, 6.07) is 17.3. The van der Waals surface area contributed by atoms with Crippen molar-refractivity contribution in [1.82, 2.24) is 9.97 Å². The molecule has 1 saturated carbocycles. The predicted octanol–water partition coefficient (Wildman–Crippen LogP) is 5.45. The van der Waals surface area contributed by atoms with Crippen LogP contribution in [0.4, 0.5) is 5.95 Å². The van der Waals surface area contributed by atoms with Crippen molar-refractivity contribution < 1.29 is 0 Å². The SMILES string of the molecule is Clc1ccc(C2Cc3cnc(NC4CCC4)nc3-c3ccccc32)cc1. The average Bonchev–Trinajstić information content (AvgIpc) is 2.65. The van der Waals surface area contributed by atoms with E-state index in [2.05, 4.69) is 46.7 Å². The molecule has 1 atom stereocenters. The van der Waals surface area contributed by atoms with Crippen molar-refractivity contribution >= 4 is 17.5 Å². The normalized spacial score (nSPS) is 18.6. The number of nitrogens with one attached hydrogen (secondary N) is 1. The summed E-state index contributed by atoms with van der Waals surface area (Å²) in [5.74, 6) is 1.07. The van der Waals surface area contributed by atoms with Crippen LogP contribution in [0.5, 0.6) is 0 Å². The lowest BCUT2D eigenvalue weighted by atomic mass is 9.78. The topological polar surface area (TPSA) is 37.8 Å². The molecule has 5 rings (SSSR count). The first-order valence-electron chi connectivity index (χ1n) is 9.25. The van der Waals surface area contributed by atoms with E-state index in [9.17, 15) is 0 Å². The molecular formula is C22H20ClN3. The Balaban J connectivity index is 1.56. The van der Waals surface area contributed by atoms with Gasteiger partial charge in [-0.3, -0.25) is 0 Å². The third-order valence-corrected chi connectivity index (χ3v) is 5.84. The van der Waals surface area contributed by atoms with Crippen molar-refractivity contribution in [3.63, 3.8) is 0 Å². The molecule has 4 heteroatoms. The first kappa shape index (κ1) is 15.8. The summed E-state index contributed by atoms with van der Waals surface area (Å²) in [4.78, 5) is 9.46. The van der Waals surface area contributed by atoms with Crippen LogP contribution in [-0.4, -0.2) is 16.0 Å². The molecular weight excluding hydrogens is 342 g/mol. The molecule has 2 aromatic carbocycles. The van der Waals surface area contributed by atoms with Gasteiger partial charge in [0.25, 0.3) is 0 Å². The van der Waals surface area contributed by atoms with Gasteiger partial charge in [-0.25, -0.2) is 9.97 Å². The van der Waals surface area contributed by atoms with E-state index in [4.69, 9.17) is 16.6 Å². The van der Waals surface area contributed by atoms with Crippen molar-refractivity contribution in [2.75, 3.05) is 5.32 Å². The number of hydrogen-bond acceptors (Lipinski definition) is 3. The summed E-state index contributed by atoms with van der Waals surface area (Å²) >= 11 is 6.08. The van der Waals surface area contributed by atoms with Crippen molar-refractivity contribution in [2.45, 2.75) is 37.6 Å². The molecule has 26 heavy (non-hydrogen) atoms. The number of benzene rings is 2. The fraction of sp³-hybridized carbons (Fsp3) is 0.273. The molecule has 0 amide bonds. The van der Waals surface area contributed by atoms with E-state index in [1.165, 1.54) is 41.5 Å². The van der Waals surface area contributed by atoms with Gasteiger partial charge in [-0.2, -0.15) is 0 Å². The Labute approximate surface area is 158 Å². The quantitative estimate of drug-likeness (QED) is 0.674. The van der Waals surface area contributed by atoms with Crippen LogP contribution in [0, 0.1) is 0 Å². The molecule has 0 bridgehead atoms. The van der Waals surface area contributed by atoms with Gasteiger partial charge in [0.05, 0.1) is 5.69 Å². The van der Waals surface area contributed by atoms with E-state index in [-0.39, 0.29) is 0 Å². The first-order valence-corrected chi connectivity index (χ1v) is 9.63. The highest BCUT2D eigenvalue weighted by Gasteiger charge is 2.28. The van der Waals surface area contributed by atoms with Crippen molar-refractivity contribution in [3.8, 4) is 11.3 Å². The summed E-state index contributed by atoms with van der Waals surface area (Å²) in [5, 5.41) is 4.24. The van der Waals surface area contributed by atoms with Crippen LogP contribution in [0.1, 0.15) is 41.9 Å². The number of hydrogen-bond donors (Lipinski definition) is 1. The van der Waals surface area contributed by atoms with E-state index in [0.29, 0.717) is 12.0 Å². The van der Waals surface area contributed by atoms with Gasteiger partial charge in [0, 0.05) is 28.7 Å². The molecule has 1 unspecified atom stereocenters. The lowest BCUT2D eigenvalue weighted by Gasteiger charge is -2.29. The van der Waals surface area contributed by atoms with Crippen molar-refractivity contribution in [2.24, 2.45) is 0 Å². The van der Waals surface area contributed by atoms with Gasteiger partial charge in [0.1, 0.15) is 0 Å². The highest BCUT2D eigenvalue weighted by Crippen LogP contribution is 2.42. The largest absolute Gasteiger partial charge is 0.351 e. The van der Waals surface area contributed by atoms with Gasteiger partial charge >= 0.3 is 0 Å². The summed E-state index contributed by atoms with van der Waals surface area (Å²) in [5.41, 5.74) is 6.11. The summed E-state index contributed by atoms with van der Waals surface area (Å²) < 4.78 is 0.